The van der Waals surface area contributed by atoms with Gasteiger partial charge in [-0.25, -0.2) is 0 Å². The van der Waals surface area contributed by atoms with Gasteiger partial charge in [0.2, 0.25) is 0 Å². The van der Waals surface area contributed by atoms with Gasteiger partial charge in [0.25, 0.3) is 0 Å². The van der Waals surface area contributed by atoms with Crippen molar-refractivity contribution in [2.24, 2.45) is 11.8 Å². The Hall–Kier alpha value is -1.56. The molecule has 0 spiro atoms. The Kier molecular flexibility index (Phi) is 5.43. The quantitative estimate of drug-likeness (QED) is 0.458. The minimum atomic E-state index is 0.280. The van der Waals surface area contributed by atoms with E-state index in [1.807, 2.05) is 0 Å². The third-order valence-corrected chi connectivity index (χ3v) is 7.58. The van der Waals surface area contributed by atoms with E-state index in [0.717, 1.165) is 11.8 Å². The minimum absolute atomic E-state index is 0.280. The standard InChI is InChI=1S/C28H38/c1-19(2)8-6-9-20(3)15-17-28-16-7-10-23-22(5)12-14-25(27(23)28)24-13-11-21(4)18-26(24)28/h11-14,18-20H,6-10,15-17H2,1-5H3. The summed E-state index contributed by atoms with van der Waals surface area (Å²) in [4.78, 5) is 0. The molecule has 4 rings (SSSR count). The maximum atomic E-state index is 2.52. The summed E-state index contributed by atoms with van der Waals surface area (Å²) in [7, 11) is 0. The first-order chi connectivity index (χ1) is 13.4. The monoisotopic (exact) mass is 374 g/mol. The Bertz CT molecular complexity index is 857. The lowest BCUT2D eigenvalue weighted by atomic mass is 9.65. The van der Waals surface area contributed by atoms with Crippen LogP contribution in [0.2, 0.25) is 0 Å². The van der Waals surface area contributed by atoms with Crippen molar-refractivity contribution in [3.8, 4) is 11.1 Å². The zero-order valence-electron chi connectivity index (χ0n) is 18.7. The zero-order valence-corrected chi connectivity index (χ0v) is 18.7. The van der Waals surface area contributed by atoms with E-state index >= 15 is 0 Å². The van der Waals surface area contributed by atoms with E-state index in [-0.39, 0.29) is 5.41 Å². The Morgan fingerprint density at radius 3 is 2.50 bits per heavy atom. The maximum Gasteiger partial charge on any atom is 0.0218 e. The molecule has 0 aliphatic heterocycles. The van der Waals surface area contributed by atoms with Crippen molar-refractivity contribution in [3.05, 3.63) is 58.1 Å². The van der Waals surface area contributed by atoms with E-state index in [1.165, 1.54) is 68.1 Å². The second-order valence-electron chi connectivity index (χ2n) is 10.2. The summed E-state index contributed by atoms with van der Waals surface area (Å²) in [6.45, 7) is 11.8. The number of hydrogen-bond acceptors (Lipinski definition) is 0. The van der Waals surface area contributed by atoms with Crippen LogP contribution in [0.25, 0.3) is 11.1 Å². The molecule has 28 heavy (non-hydrogen) atoms. The SMILES string of the molecule is Cc1ccc2c(c1)C1(CCC(C)CCCC(C)C)CCCc3c(C)ccc-2c31. The minimum Gasteiger partial charge on any atom is -0.0628 e. The number of aryl methyl sites for hydroxylation is 2. The lowest BCUT2D eigenvalue weighted by molar-refractivity contribution is 0.344. The highest BCUT2D eigenvalue weighted by atomic mass is 14.5. The molecule has 0 amide bonds. The molecule has 0 heterocycles. The number of hydrogen-bond donors (Lipinski definition) is 0. The van der Waals surface area contributed by atoms with Crippen LogP contribution in [-0.4, -0.2) is 0 Å². The smallest absolute Gasteiger partial charge is 0.0218 e. The summed E-state index contributed by atoms with van der Waals surface area (Å²) in [6.07, 6.45) is 10.8. The summed E-state index contributed by atoms with van der Waals surface area (Å²) in [5.41, 5.74) is 11.3. The van der Waals surface area contributed by atoms with Gasteiger partial charge in [0.05, 0.1) is 0 Å². The fourth-order valence-electron chi connectivity index (χ4n) is 5.99. The number of fused-ring (bicyclic) bond motifs is 3. The van der Waals surface area contributed by atoms with Gasteiger partial charge in [-0.1, -0.05) is 75.9 Å². The van der Waals surface area contributed by atoms with Crippen molar-refractivity contribution in [1.82, 2.24) is 0 Å². The molecule has 0 nitrogen and oxygen atoms in total. The van der Waals surface area contributed by atoms with Crippen molar-refractivity contribution in [2.45, 2.75) is 91.4 Å². The van der Waals surface area contributed by atoms with Gasteiger partial charge >= 0.3 is 0 Å². The molecule has 0 bridgehead atoms. The summed E-state index contributed by atoms with van der Waals surface area (Å²) in [5.74, 6) is 1.67. The first kappa shape index (κ1) is 19.7. The van der Waals surface area contributed by atoms with Crippen LogP contribution in [0.4, 0.5) is 0 Å². The summed E-state index contributed by atoms with van der Waals surface area (Å²) < 4.78 is 0. The molecule has 0 N–H and O–H groups in total. The highest BCUT2D eigenvalue weighted by Crippen LogP contribution is 2.58. The van der Waals surface area contributed by atoms with Crippen LogP contribution in [0, 0.1) is 25.7 Å². The largest absolute Gasteiger partial charge is 0.0628 e. The fraction of sp³-hybridized carbons (Fsp3) is 0.571. The van der Waals surface area contributed by atoms with Crippen molar-refractivity contribution in [2.75, 3.05) is 0 Å². The van der Waals surface area contributed by atoms with E-state index in [1.54, 1.807) is 22.3 Å². The van der Waals surface area contributed by atoms with Crippen LogP contribution < -0.4 is 0 Å². The van der Waals surface area contributed by atoms with Gasteiger partial charge in [0.1, 0.15) is 0 Å². The molecular formula is C28H38. The molecule has 0 radical (unpaired) electrons. The van der Waals surface area contributed by atoms with E-state index < -0.39 is 0 Å². The first-order valence-electron chi connectivity index (χ1n) is 11.7. The van der Waals surface area contributed by atoms with Gasteiger partial charge in [-0.3, -0.25) is 0 Å². The molecule has 0 heteroatoms. The maximum absolute atomic E-state index is 2.52. The number of benzene rings is 2. The van der Waals surface area contributed by atoms with Crippen LogP contribution >= 0.6 is 0 Å². The third-order valence-electron chi connectivity index (χ3n) is 7.58. The van der Waals surface area contributed by atoms with E-state index in [9.17, 15) is 0 Å². The number of rotatable bonds is 7. The predicted molar refractivity (Wildman–Crippen MR) is 122 cm³/mol. The fourth-order valence-corrected chi connectivity index (χ4v) is 5.99. The Morgan fingerprint density at radius 2 is 1.71 bits per heavy atom. The van der Waals surface area contributed by atoms with Gasteiger partial charge < -0.3 is 0 Å². The molecular weight excluding hydrogens is 336 g/mol. The highest BCUT2D eigenvalue weighted by Gasteiger charge is 2.46. The van der Waals surface area contributed by atoms with Crippen LogP contribution in [0.1, 0.15) is 93.5 Å². The molecule has 2 aromatic rings. The van der Waals surface area contributed by atoms with E-state index in [2.05, 4.69) is 65.0 Å². The van der Waals surface area contributed by atoms with Crippen LogP contribution in [0.5, 0.6) is 0 Å². The third kappa shape index (κ3) is 3.34. The Labute approximate surface area is 172 Å². The molecule has 2 atom stereocenters. The molecule has 0 fully saturated rings. The van der Waals surface area contributed by atoms with Crippen LogP contribution in [0.3, 0.4) is 0 Å². The zero-order chi connectivity index (χ0) is 19.9. The Morgan fingerprint density at radius 1 is 0.929 bits per heavy atom. The Balaban J connectivity index is 1.67. The molecule has 2 aliphatic rings. The van der Waals surface area contributed by atoms with Crippen LogP contribution in [-0.2, 0) is 11.8 Å². The van der Waals surface area contributed by atoms with Crippen molar-refractivity contribution < 1.29 is 0 Å². The molecule has 2 unspecified atom stereocenters. The van der Waals surface area contributed by atoms with Gasteiger partial charge in [0.15, 0.2) is 0 Å². The molecule has 0 saturated heterocycles. The van der Waals surface area contributed by atoms with Gasteiger partial charge in [-0.15, -0.1) is 0 Å². The molecule has 0 saturated carbocycles. The van der Waals surface area contributed by atoms with Crippen LogP contribution in [0.15, 0.2) is 30.3 Å². The second kappa shape index (κ2) is 7.69. The summed E-state index contributed by atoms with van der Waals surface area (Å²) in [5, 5.41) is 0. The van der Waals surface area contributed by atoms with Gasteiger partial charge in [0, 0.05) is 5.41 Å². The average molecular weight is 375 g/mol. The summed E-state index contributed by atoms with van der Waals surface area (Å²) >= 11 is 0. The highest BCUT2D eigenvalue weighted by molar-refractivity contribution is 5.83. The normalized spacial score (nSPS) is 20.9. The predicted octanol–water partition coefficient (Wildman–Crippen LogP) is 8.15. The molecule has 2 aromatic carbocycles. The van der Waals surface area contributed by atoms with Gasteiger partial charge in [-0.05, 0) is 91.2 Å². The van der Waals surface area contributed by atoms with Crippen molar-refractivity contribution in [1.29, 1.82) is 0 Å². The van der Waals surface area contributed by atoms with Crippen molar-refractivity contribution >= 4 is 0 Å². The van der Waals surface area contributed by atoms with Crippen molar-refractivity contribution in [3.63, 3.8) is 0 Å². The average Bonchev–Trinajstić information content (AvgIpc) is 2.94. The van der Waals surface area contributed by atoms with E-state index in [4.69, 9.17) is 0 Å². The lowest BCUT2D eigenvalue weighted by Gasteiger charge is -2.39. The molecule has 150 valence electrons. The topological polar surface area (TPSA) is 0 Å². The first-order valence-corrected chi connectivity index (χ1v) is 11.7. The second-order valence-corrected chi connectivity index (χ2v) is 10.2. The van der Waals surface area contributed by atoms with Gasteiger partial charge in [-0.2, -0.15) is 0 Å². The lowest BCUT2D eigenvalue weighted by Crippen LogP contribution is -2.31. The molecule has 0 aromatic heterocycles. The van der Waals surface area contributed by atoms with E-state index in [0.29, 0.717) is 0 Å². The summed E-state index contributed by atoms with van der Waals surface area (Å²) in [6, 6.07) is 12.0. The molecule has 2 aliphatic carbocycles.